The molecule has 0 radical (unpaired) electrons. The largest absolute Gasteiger partial charge is 0.349 e. The molecular formula is C18H23N5O. The Kier molecular flexibility index (Phi) is 4.46. The van der Waals surface area contributed by atoms with Crippen molar-refractivity contribution in [2.24, 2.45) is 9.98 Å². The number of allylic oxidation sites excluding steroid dienone is 2. The Hall–Kier alpha value is -2.50. The molecular weight excluding hydrogens is 302 g/mol. The van der Waals surface area contributed by atoms with Crippen molar-refractivity contribution in [1.29, 1.82) is 0 Å². The molecule has 24 heavy (non-hydrogen) atoms. The first-order chi connectivity index (χ1) is 11.5. The molecule has 1 N–H and O–H groups in total. The van der Waals surface area contributed by atoms with Crippen LogP contribution in [0, 0.1) is 0 Å². The van der Waals surface area contributed by atoms with Gasteiger partial charge in [0.15, 0.2) is 0 Å². The average Bonchev–Trinajstić information content (AvgIpc) is 3.04. The maximum absolute atomic E-state index is 12.4. The van der Waals surface area contributed by atoms with Crippen molar-refractivity contribution >= 4 is 24.0 Å². The number of hydrogen-bond donors (Lipinski definition) is 1. The van der Waals surface area contributed by atoms with Gasteiger partial charge in [0.1, 0.15) is 5.69 Å². The van der Waals surface area contributed by atoms with Gasteiger partial charge in [-0.1, -0.05) is 6.92 Å². The van der Waals surface area contributed by atoms with E-state index in [1.54, 1.807) is 10.9 Å². The summed E-state index contributed by atoms with van der Waals surface area (Å²) >= 11 is 0. The number of nitrogens with one attached hydrogen (secondary N) is 1. The van der Waals surface area contributed by atoms with E-state index in [2.05, 4.69) is 27.3 Å². The van der Waals surface area contributed by atoms with Crippen LogP contribution in [0.5, 0.6) is 0 Å². The Morgan fingerprint density at radius 1 is 1.29 bits per heavy atom. The van der Waals surface area contributed by atoms with Crippen LogP contribution in [0.15, 0.2) is 33.4 Å². The van der Waals surface area contributed by atoms with Crippen LogP contribution in [0.4, 0.5) is 0 Å². The molecule has 2 unspecified atom stereocenters. The summed E-state index contributed by atoms with van der Waals surface area (Å²) in [7, 11) is 0. The van der Waals surface area contributed by atoms with Gasteiger partial charge in [-0.15, -0.1) is 0 Å². The first-order valence-corrected chi connectivity index (χ1v) is 8.33. The summed E-state index contributed by atoms with van der Waals surface area (Å²) in [5.74, 6) is -0.100. The van der Waals surface area contributed by atoms with E-state index in [0.29, 0.717) is 12.2 Å². The summed E-state index contributed by atoms with van der Waals surface area (Å²) < 4.78 is 1.79. The molecule has 0 saturated carbocycles. The van der Waals surface area contributed by atoms with E-state index in [9.17, 15) is 4.79 Å². The molecule has 2 aliphatic heterocycles. The van der Waals surface area contributed by atoms with Crippen molar-refractivity contribution in [3.05, 3.63) is 34.7 Å². The van der Waals surface area contributed by atoms with Crippen molar-refractivity contribution in [2.45, 2.75) is 46.2 Å². The van der Waals surface area contributed by atoms with Gasteiger partial charge < -0.3 is 5.32 Å². The van der Waals surface area contributed by atoms with Gasteiger partial charge in [0.2, 0.25) is 0 Å². The highest BCUT2D eigenvalue weighted by molar-refractivity contribution is 6.00. The molecule has 6 nitrogen and oxygen atoms in total. The standard InChI is InChI=1S/C18H23N5O/c1-5-14-6-16(20-8-12(3)11(2)7-19-14)15-10-22-23-13(4)9-21-18(24)17(15)23/h6-8,10,13-14H,5,9H2,1-4H3,(H,21,24)/b12-11+,16-6-,19-7?,20-8-. The van der Waals surface area contributed by atoms with E-state index in [0.717, 1.165) is 28.8 Å². The minimum atomic E-state index is -0.100. The van der Waals surface area contributed by atoms with Gasteiger partial charge in [-0.25, -0.2) is 0 Å². The second-order valence-electron chi connectivity index (χ2n) is 6.34. The normalized spacial score (nSPS) is 30.5. The minimum absolute atomic E-state index is 0.0256. The number of rotatable bonds is 2. The van der Waals surface area contributed by atoms with Crippen LogP contribution >= 0.6 is 0 Å². The molecule has 126 valence electrons. The lowest BCUT2D eigenvalue weighted by Gasteiger charge is -2.22. The molecule has 0 aliphatic carbocycles. The molecule has 2 aliphatic rings. The summed E-state index contributed by atoms with van der Waals surface area (Å²) in [6, 6.07) is 0.161. The number of amides is 1. The van der Waals surface area contributed by atoms with Crippen molar-refractivity contribution in [3.63, 3.8) is 0 Å². The Labute approximate surface area is 142 Å². The smallest absolute Gasteiger partial charge is 0.270 e. The lowest BCUT2D eigenvalue weighted by molar-refractivity contribution is 0.0912. The van der Waals surface area contributed by atoms with Gasteiger partial charge in [0.25, 0.3) is 5.91 Å². The minimum Gasteiger partial charge on any atom is -0.349 e. The molecule has 0 aromatic carbocycles. The van der Waals surface area contributed by atoms with Gasteiger partial charge in [0, 0.05) is 19.0 Å². The van der Waals surface area contributed by atoms with Gasteiger partial charge in [-0.3, -0.25) is 19.5 Å². The molecule has 6 heteroatoms. The van der Waals surface area contributed by atoms with E-state index in [1.807, 2.05) is 39.3 Å². The zero-order chi connectivity index (χ0) is 17.3. The summed E-state index contributed by atoms with van der Waals surface area (Å²) in [6.07, 6.45) is 8.36. The fourth-order valence-electron chi connectivity index (χ4n) is 2.75. The van der Waals surface area contributed by atoms with Gasteiger partial charge in [0.05, 0.1) is 29.5 Å². The van der Waals surface area contributed by atoms with E-state index in [4.69, 9.17) is 0 Å². The number of nitrogens with zero attached hydrogens (tertiary/aromatic N) is 4. The predicted molar refractivity (Wildman–Crippen MR) is 96.7 cm³/mol. The second-order valence-corrected chi connectivity index (χ2v) is 6.34. The van der Waals surface area contributed by atoms with E-state index in [-0.39, 0.29) is 18.0 Å². The van der Waals surface area contributed by atoms with Crippen LogP contribution in [-0.4, -0.2) is 40.7 Å². The van der Waals surface area contributed by atoms with Crippen molar-refractivity contribution in [3.8, 4) is 0 Å². The number of fused-ring (bicyclic) bond motifs is 1. The Morgan fingerprint density at radius 3 is 2.79 bits per heavy atom. The molecule has 0 fully saturated rings. The topological polar surface area (TPSA) is 71.6 Å². The maximum Gasteiger partial charge on any atom is 0.270 e. The van der Waals surface area contributed by atoms with E-state index >= 15 is 0 Å². The lowest BCUT2D eigenvalue weighted by atomic mass is 10.1. The number of carbonyl (C=O) groups is 1. The van der Waals surface area contributed by atoms with Crippen LogP contribution < -0.4 is 5.32 Å². The molecule has 2 atom stereocenters. The zero-order valence-electron chi connectivity index (χ0n) is 14.6. The van der Waals surface area contributed by atoms with Gasteiger partial charge in [-0.2, -0.15) is 5.10 Å². The molecule has 3 heterocycles. The number of carbonyl (C=O) groups excluding carboxylic acids is 1. The molecule has 0 bridgehead atoms. The first-order valence-electron chi connectivity index (χ1n) is 8.33. The molecule has 0 saturated heterocycles. The summed E-state index contributed by atoms with van der Waals surface area (Å²) in [5.41, 5.74) is 4.24. The molecule has 1 amide bonds. The third-order valence-electron chi connectivity index (χ3n) is 4.51. The van der Waals surface area contributed by atoms with Crippen LogP contribution in [0.3, 0.4) is 0 Å². The zero-order valence-corrected chi connectivity index (χ0v) is 14.6. The fourth-order valence-corrected chi connectivity index (χ4v) is 2.75. The summed E-state index contributed by atoms with van der Waals surface area (Å²) in [6.45, 7) is 8.76. The number of aliphatic imine (C=N–C) groups is 2. The Balaban J connectivity index is 2.12. The quantitative estimate of drug-likeness (QED) is 0.908. The van der Waals surface area contributed by atoms with Gasteiger partial charge in [-0.05, 0) is 44.4 Å². The maximum atomic E-state index is 12.4. The number of hydrogen-bond acceptors (Lipinski definition) is 4. The second kappa shape index (κ2) is 6.55. The number of aromatic nitrogens is 2. The van der Waals surface area contributed by atoms with Crippen LogP contribution in [-0.2, 0) is 0 Å². The summed E-state index contributed by atoms with van der Waals surface area (Å²) in [5, 5.41) is 7.33. The predicted octanol–water partition coefficient (Wildman–Crippen LogP) is 2.80. The monoisotopic (exact) mass is 325 g/mol. The Morgan fingerprint density at radius 2 is 2.04 bits per heavy atom. The Bertz CT molecular complexity index is 781. The van der Waals surface area contributed by atoms with Crippen molar-refractivity contribution in [2.75, 3.05) is 6.54 Å². The van der Waals surface area contributed by atoms with Crippen LogP contribution in [0.1, 0.15) is 56.2 Å². The molecule has 0 spiro atoms. The highest BCUT2D eigenvalue weighted by Crippen LogP contribution is 2.26. The third-order valence-corrected chi connectivity index (χ3v) is 4.51. The highest BCUT2D eigenvalue weighted by Gasteiger charge is 2.28. The van der Waals surface area contributed by atoms with Crippen LogP contribution in [0.25, 0.3) is 5.70 Å². The highest BCUT2D eigenvalue weighted by atomic mass is 16.2. The van der Waals surface area contributed by atoms with E-state index < -0.39 is 0 Å². The third kappa shape index (κ3) is 2.96. The van der Waals surface area contributed by atoms with Crippen molar-refractivity contribution < 1.29 is 4.79 Å². The molecule has 3 rings (SSSR count). The summed E-state index contributed by atoms with van der Waals surface area (Å²) in [4.78, 5) is 21.6. The SMILES string of the molecule is CCC1\C=C(c2cnn3c2C(=O)NCC3C)/N=C\C(C)=C(/C)C=N1. The first kappa shape index (κ1) is 16.4. The lowest BCUT2D eigenvalue weighted by Crippen LogP contribution is -2.38. The average molecular weight is 325 g/mol. The molecule has 1 aromatic rings. The fraction of sp³-hybridized carbons (Fsp3) is 0.444. The van der Waals surface area contributed by atoms with Crippen molar-refractivity contribution in [1.82, 2.24) is 15.1 Å². The van der Waals surface area contributed by atoms with Crippen LogP contribution in [0.2, 0.25) is 0 Å². The van der Waals surface area contributed by atoms with Gasteiger partial charge >= 0.3 is 0 Å². The molecule has 1 aromatic heterocycles. The van der Waals surface area contributed by atoms with E-state index in [1.165, 1.54) is 0 Å².